The van der Waals surface area contributed by atoms with Crippen molar-refractivity contribution < 1.29 is 132 Å². The third-order valence-corrected chi connectivity index (χ3v) is 21.1. The van der Waals surface area contributed by atoms with Gasteiger partial charge in [0.15, 0.2) is 11.9 Å². The second-order valence-corrected chi connectivity index (χ2v) is 32.3. The molecule has 0 radical (unpaired) electrons. The van der Waals surface area contributed by atoms with Gasteiger partial charge in [-0.25, -0.2) is 4.79 Å². The molecule has 0 aliphatic heterocycles. The van der Waals surface area contributed by atoms with E-state index in [9.17, 15) is 132 Å². The molecule has 0 spiro atoms. The molecule has 1 heterocycles. The van der Waals surface area contributed by atoms with E-state index >= 15 is 0 Å². The number of para-hydroxylation sites is 1. The first-order valence-corrected chi connectivity index (χ1v) is 43.7. The second kappa shape index (κ2) is 58.6. The van der Waals surface area contributed by atoms with Gasteiger partial charge in [0, 0.05) is 62.3 Å². The van der Waals surface area contributed by atoms with Crippen molar-refractivity contribution in [3.63, 3.8) is 0 Å². The molecule has 0 saturated carbocycles. The molecule has 1 aromatic heterocycles. The van der Waals surface area contributed by atoms with Crippen molar-refractivity contribution in [3.05, 3.63) is 95.7 Å². The highest BCUT2D eigenvalue weighted by molar-refractivity contribution is 6.02. The molecule has 52 nitrogen and oxygen atoms in total. The summed E-state index contributed by atoms with van der Waals surface area (Å²) in [6.07, 6.45) is -4.78. The Morgan fingerprint density at radius 3 is 1.20 bits per heavy atom. The number of phenolic OH excluding ortho intramolecular Hbond substituents is 2. The number of nitrogens with two attached hydrogens (primary N) is 5. The van der Waals surface area contributed by atoms with Gasteiger partial charge in [-0.05, 0) is 123 Å². The monoisotopic (exact) mass is 1930 g/mol. The van der Waals surface area contributed by atoms with E-state index in [-0.39, 0.29) is 102 Å². The van der Waals surface area contributed by atoms with Crippen molar-refractivity contribution in [1.82, 2.24) is 95.4 Å². The van der Waals surface area contributed by atoms with Crippen LogP contribution in [-0.2, 0) is 115 Å². The molecule has 0 saturated heterocycles. The number of aliphatic hydroxyl groups is 1. The van der Waals surface area contributed by atoms with Crippen molar-refractivity contribution in [2.75, 3.05) is 45.9 Å². The largest absolute Gasteiger partial charge is 0.508 e. The van der Waals surface area contributed by atoms with Crippen molar-refractivity contribution in [1.29, 1.82) is 10.8 Å². The lowest BCUT2D eigenvalue weighted by Gasteiger charge is -2.28. The summed E-state index contributed by atoms with van der Waals surface area (Å²) < 4.78 is 0. The zero-order chi connectivity index (χ0) is 102. The van der Waals surface area contributed by atoms with Crippen molar-refractivity contribution in [3.8, 4) is 11.5 Å². The Balaban J connectivity index is 1.58. The lowest BCUT2D eigenvalue weighted by Crippen LogP contribution is -2.61. The van der Waals surface area contributed by atoms with E-state index in [0.29, 0.717) is 27.6 Å². The zero-order valence-corrected chi connectivity index (χ0v) is 75.8. The third kappa shape index (κ3) is 41.8. The number of carbonyl (C=O) groups is 20. The topological polar surface area (TPSA) is 881 Å². The van der Waals surface area contributed by atoms with Crippen LogP contribution in [0, 0.1) is 22.7 Å². The highest BCUT2D eigenvalue weighted by Gasteiger charge is 2.39. The zero-order valence-electron chi connectivity index (χ0n) is 75.8. The first-order chi connectivity index (χ1) is 64.8. The number of carboxylic acid groups (broad SMARTS) is 4. The number of carbonyl (C=O) groups excluding carboxylic acids is 16. The van der Waals surface area contributed by atoms with E-state index in [0.717, 1.165) is 0 Å². The molecule has 52 heteroatoms. The lowest BCUT2D eigenvalue weighted by atomic mass is 9.98. The van der Waals surface area contributed by atoms with Crippen molar-refractivity contribution in [2.24, 2.45) is 40.5 Å². The van der Waals surface area contributed by atoms with Gasteiger partial charge in [-0.2, -0.15) is 0 Å². The number of fused-ring (bicyclic) bond motifs is 1. The minimum Gasteiger partial charge on any atom is -0.508 e. The Morgan fingerprint density at radius 2 is 0.759 bits per heavy atom. The van der Waals surface area contributed by atoms with E-state index in [4.69, 9.17) is 39.5 Å². The summed E-state index contributed by atoms with van der Waals surface area (Å²) in [5.74, 6) is -27.3. The maximum Gasteiger partial charge on any atom is 0.326 e. The molecule has 14 atom stereocenters. The molecule has 0 aliphatic rings. The van der Waals surface area contributed by atoms with Crippen LogP contribution in [0.1, 0.15) is 134 Å². The van der Waals surface area contributed by atoms with Gasteiger partial charge in [0.1, 0.15) is 90.0 Å². The highest BCUT2D eigenvalue weighted by Crippen LogP contribution is 2.22. The average Bonchev–Trinajstić information content (AvgIpc) is 1.66. The Bertz CT molecular complexity index is 4880. The molecular formula is C85H125N25O27. The van der Waals surface area contributed by atoms with Gasteiger partial charge >= 0.3 is 23.9 Å². The number of hydrogen-bond acceptors (Lipinski definition) is 27. The molecule has 4 aromatic rings. The van der Waals surface area contributed by atoms with Crippen LogP contribution in [0.5, 0.6) is 11.5 Å². The molecule has 16 amide bonds. The number of hydrogen-bond donors (Lipinski definition) is 32. The molecule has 0 fully saturated rings. The smallest absolute Gasteiger partial charge is 0.326 e. The van der Waals surface area contributed by atoms with Crippen LogP contribution in [0.4, 0.5) is 0 Å². The Morgan fingerprint density at radius 1 is 0.387 bits per heavy atom. The fourth-order valence-corrected chi connectivity index (χ4v) is 13.5. The number of H-pyrrole nitrogens is 1. The summed E-state index contributed by atoms with van der Waals surface area (Å²) in [6, 6.07) is -4.57. The lowest BCUT2D eigenvalue weighted by molar-refractivity contribution is -0.144. The third-order valence-electron chi connectivity index (χ3n) is 21.1. The fraction of sp³-hybridized carbons (Fsp3) is 0.506. The molecule has 0 aliphatic carbocycles. The fourth-order valence-electron chi connectivity index (χ4n) is 13.5. The average molecular weight is 1930 g/mol. The molecule has 752 valence electrons. The number of amides is 16. The number of aromatic amines is 1. The van der Waals surface area contributed by atoms with Gasteiger partial charge in [0.05, 0.1) is 39.1 Å². The number of rotatable bonds is 63. The minimum atomic E-state index is -2.09. The Labute approximate surface area is 784 Å². The Hall–Kier alpha value is -15.4. The summed E-state index contributed by atoms with van der Waals surface area (Å²) >= 11 is 0. The summed E-state index contributed by atoms with van der Waals surface area (Å²) in [4.78, 5) is 275. The van der Waals surface area contributed by atoms with Gasteiger partial charge < -0.3 is 160 Å². The minimum absolute atomic E-state index is 0.0727. The first-order valence-electron chi connectivity index (χ1n) is 43.7. The number of aromatic hydroxyl groups is 2. The van der Waals surface area contributed by atoms with E-state index in [2.05, 4.69) is 95.4 Å². The summed E-state index contributed by atoms with van der Waals surface area (Å²) in [6.45, 7) is 2.01. The van der Waals surface area contributed by atoms with Gasteiger partial charge in [0.2, 0.25) is 94.5 Å². The molecule has 0 bridgehead atoms. The number of aromatic nitrogens is 1. The molecule has 137 heavy (non-hydrogen) atoms. The van der Waals surface area contributed by atoms with Gasteiger partial charge in [-0.15, -0.1) is 0 Å². The molecule has 0 unspecified atom stereocenters. The number of primary amides is 1. The molecule has 4 rings (SSSR count). The highest BCUT2D eigenvalue weighted by atomic mass is 16.4. The predicted octanol–water partition coefficient (Wildman–Crippen LogP) is -8.39. The summed E-state index contributed by atoms with van der Waals surface area (Å²) in [7, 11) is 0. The maximum absolute atomic E-state index is 15.0. The van der Waals surface area contributed by atoms with Crippen LogP contribution in [0.25, 0.3) is 10.9 Å². The number of aliphatic carboxylic acids is 4. The number of aliphatic hydroxyl groups excluding tert-OH is 1. The number of nitrogens with one attached hydrogen (secondary N) is 20. The van der Waals surface area contributed by atoms with Gasteiger partial charge in [0.25, 0.3) is 0 Å². The van der Waals surface area contributed by atoms with Gasteiger partial charge in [-0.1, -0.05) is 76.6 Å². The normalized spacial score (nSPS) is 14.0. The molecule has 3 aromatic carbocycles. The SMILES string of the molecule is CC[C@H](C)[C@H](NC(=O)[C@H](CCC(=O)O)NC(=O)[C@H](CCCNC(=N)N)NC(=O)[C@H](CC(N)=O)NC(=O)CNC(=O)[C@H](CC(=O)O)NC(=O)[C@@H](NC(=O)[C@H](CCCNC(=N)N)NC(=O)[C@H](CCC(=O)O)NC(=O)CNC(=O)[C@H](CCCCN)NC(=O)[C@H](Cc1ccc(O)cc1)NC(=O)[C@H](Cc1c[nH]c2ccccc12)NC(=O)[C@H](CO)NC(=O)[C@H](Cc1ccc(O)cc1)NC(=O)CN)C(C)C)C(=O)O. The van der Waals surface area contributed by atoms with Crippen LogP contribution in [0.2, 0.25) is 0 Å². The number of phenols is 2. The van der Waals surface area contributed by atoms with Crippen LogP contribution < -0.4 is 119 Å². The van der Waals surface area contributed by atoms with E-state index in [1.165, 1.54) is 69.3 Å². The van der Waals surface area contributed by atoms with Crippen LogP contribution in [0.15, 0.2) is 79.0 Å². The first kappa shape index (κ1) is 114. The molecular weight excluding hydrogens is 1800 g/mol. The number of benzene rings is 3. The number of carboxylic acids is 4. The second-order valence-electron chi connectivity index (χ2n) is 32.3. The van der Waals surface area contributed by atoms with Crippen molar-refractivity contribution >= 4 is 141 Å². The van der Waals surface area contributed by atoms with Crippen LogP contribution >= 0.6 is 0 Å². The van der Waals surface area contributed by atoms with Crippen LogP contribution in [-0.4, -0.2) is 295 Å². The standard InChI is InChI=1S/C85H125N25O27/c1-5-43(4)70(83(136)137)110-76(129)55(26-28-67(120)121)104-73(126)52(15-10-30-93-84(89)90)103-80(133)59(35-62(88)114)100-65(117)40-97-72(125)60(36-68(122)123)107-82(135)69(42(2)3)109-75(128)53(16-11-31-94-85(91)92)102-74(127)54(25-27-66(118)119)98-64(116)39-96-71(124)51(14-8-9-29-86)101-78(131)57(33-45-19-23-48(113)24-20-45)105-79(132)58(34-46-38-95-50-13-7-6-12-49(46)50)106-81(134)61(41-111)108-77(130)56(99-63(115)37-87)32-44-17-21-47(112)22-18-44/h6-7,12-13,17-24,38,42-43,51-61,69-70,95,111-113H,5,8-11,14-16,25-37,39-41,86-87H2,1-4H3,(H2,88,114)(H,96,124)(H,97,125)(H,98,116)(H,99,115)(H,100,117)(H,101,131)(H,102,127)(H,103,133)(H,104,126)(H,105,132)(H,106,134)(H,107,135)(H,108,130)(H,109,128)(H,110,129)(H,118,119)(H,120,121)(H,122,123)(H,136,137)(H4,89,90,93)(H4,91,92,94)/t43-,51-,52-,53-,54-,55-,56-,57-,58-,59-,60-,61-,69-,70-/m0/s1. The van der Waals surface area contributed by atoms with Gasteiger partial charge in [-0.3, -0.25) is 102 Å². The van der Waals surface area contributed by atoms with E-state index in [1.807, 2.05) is 0 Å². The van der Waals surface area contributed by atoms with E-state index < -0.39 is 285 Å². The molecule has 37 N–H and O–H groups in total. The predicted molar refractivity (Wildman–Crippen MR) is 486 cm³/mol. The quantitative estimate of drug-likeness (QED) is 0.0111. The van der Waals surface area contributed by atoms with Crippen molar-refractivity contribution in [2.45, 2.75) is 215 Å². The van der Waals surface area contributed by atoms with E-state index in [1.54, 1.807) is 37.4 Å². The van der Waals surface area contributed by atoms with Crippen LogP contribution in [0.3, 0.4) is 0 Å². The summed E-state index contributed by atoms with van der Waals surface area (Å²) in [5.41, 5.74) is 29.5. The summed E-state index contributed by atoms with van der Waals surface area (Å²) in [5, 5.41) is 126. The number of guanidine groups is 2. The maximum atomic E-state index is 15.0. The number of unbranched alkanes of at least 4 members (excludes halogenated alkanes) is 1. The Kier molecular flexibility index (Phi) is 48.7.